The Morgan fingerprint density at radius 2 is 1.91 bits per heavy atom. The first-order valence-electron chi connectivity index (χ1n) is 8.09. The number of nitrogens with zero attached hydrogens (tertiary/aromatic N) is 1. The fraction of sp³-hybridized carbons (Fsp3) is 0.471. The largest absolute Gasteiger partial charge is 0.326 e. The number of imide groups is 1. The van der Waals surface area contributed by atoms with E-state index in [1.807, 2.05) is 0 Å². The third-order valence-electron chi connectivity index (χ3n) is 5.30. The van der Waals surface area contributed by atoms with Crippen molar-refractivity contribution in [2.45, 2.75) is 25.7 Å². The van der Waals surface area contributed by atoms with Crippen molar-refractivity contribution < 1.29 is 14.4 Å². The summed E-state index contributed by atoms with van der Waals surface area (Å²) in [4.78, 5) is 38.4. The normalized spacial score (nSPS) is 22.3. The predicted molar refractivity (Wildman–Crippen MR) is 84.0 cm³/mol. The molecule has 2 saturated heterocycles. The van der Waals surface area contributed by atoms with Gasteiger partial charge in [0.2, 0.25) is 11.8 Å². The van der Waals surface area contributed by atoms with Crippen molar-refractivity contribution in [3.05, 3.63) is 29.3 Å². The SMILES string of the molecule is O=C1Cc2cc(C(=O)N3CCC4(CCNCC4)C3=O)ccc2N1. The summed E-state index contributed by atoms with van der Waals surface area (Å²) in [7, 11) is 0. The summed E-state index contributed by atoms with van der Waals surface area (Å²) in [5, 5.41) is 6.02. The van der Waals surface area contributed by atoms with Crippen molar-refractivity contribution >= 4 is 23.4 Å². The monoisotopic (exact) mass is 313 g/mol. The molecule has 0 bridgehead atoms. The van der Waals surface area contributed by atoms with E-state index in [1.165, 1.54) is 4.90 Å². The van der Waals surface area contributed by atoms with Crippen LogP contribution in [0.4, 0.5) is 5.69 Å². The van der Waals surface area contributed by atoms with Crippen molar-refractivity contribution in [1.82, 2.24) is 10.2 Å². The van der Waals surface area contributed by atoms with Gasteiger partial charge in [-0.05, 0) is 56.1 Å². The molecule has 3 amide bonds. The van der Waals surface area contributed by atoms with E-state index in [0.29, 0.717) is 18.5 Å². The number of rotatable bonds is 1. The van der Waals surface area contributed by atoms with Crippen LogP contribution in [0.1, 0.15) is 35.2 Å². The summed E-state index contributed by atoms with van der Waals surface area (Å²) in [5.74, 6) is -0.332. The highest BCUT2D eigenvalue weighted by Crippen LogP contribution is 2.40. The Morgan fingerprint density at radius 3 is 2.70 bits per heavy atom. The molecule has 6 nitrogen and oxygen atoms in total. The quantitative estimate of drug-likeness (QED) is 0.756. The zero-order valence-corrected chi connectivity index (χ0v) is 12.9. The summed E-state index contributed by atoms with van der Waals surface area (Å²) in [6.07, 6.45) is 2.65. The van der Waals surface area contributed by atoms with E-state index < -0.39 is 0 Å². The Hall–Kier alpha value is -2.21. The second-order valence-electron chi connectivity index (χ2n) is 6.64. The molecule has 4 rings (SSSR count). The van der Waals surface area contributed by atoms with Gasteiger partial charge in [-0.3, -0.25) is 19.3 Å². The van der Waals surface area contributed by atoms with Crippen LogP contribution in [0, 0.1) is 5.41 Å². The Balaban J connectivity index is 1.57. The zero-order chi connectivity index (χ0) is 16.0. The number of hydrogen-bond donors (Lipinski definition) is 2. The van der Waals surface area contributed by atoms with Crippen LogP contribution in [0.15, 0.2) is 18.2 Å². The molecule has 1 aromatic rings. The lowest BCUT2D eigenvalue weighted by Gasteiger charge is -2.31. The fourth-order valence-corrected chi connectivity index (χ4v) is 3.90. The van der Waals surface area contributed by atoms with Crippen LogP contribution in [0.2, 0.25) is 0 Å². The zero-order valence-electron chi connectivity index (χ0n) is 12.9. The van der Waals surface area contributed by atoms with Gasteiger partial charge in [0.1, 0.15) is 0 Å². The average molecular weight is 313 g/mol. The van der Waals surface area contributed by atoms with Crippen LogP contribution in [0.25, 0.3) is 0 Å². The van der Waals surface area contributed by atoms with Crippen molar-refractivity contribution in [3.8, 4) is 0 Å². The molecule has 3 aliphatic rings. The highest BCUT2D eigenvalue weighted by atomic mass is 16.2. The lowest BCUT2D eigenvalue weighted by molar-refractivity contribution is -0.135. The molecule has 6 heteroatoms. The maximum absolute atomic E-state index is 12.8. The number of fused-ring (bicyclic) bond motifs is 1. The van der Waals surface area contributed by atoms with Crippen molar-refractivity contribution in [2.75, 3.05) is 25.0 Å². The Bertz CT molecular complexity index is 707. The summed E-state index contributed by atoms with van der Waals surface area (Å²) < 4.78 is 0. The smallest absolute Gasteiger partial charge is 0.260 e. The third kappa shape index (κ3) is 2.25. The van der Waals surface area contributed by atoms with Crippen molar-refractivity contribution in [1.29, 1.82) is 0 Å². The van der Waals surface area contributed by atoms with Gasteiger partial charge in [-0.25, -0.2) is 0 Å². The molecule has 2 N–H and O–H groups in total. The molecule has 1 spiro atoms. The van der Waals surface area contributed by atoms with Gasteiger partial charge in [-0.2, -0.15) is 0 Å². The summed E-state index contributed by atoms with van der Waals surface area (Å²) >= 11 is 0. The van der Waals surface area contributed by atoms with Crippen molar-refractivity contribution in [2.24, 2.45) is 5.41 Å². The first kappa shape index (κ1) is 14.4. The van der Waals surface area contributed by atoms with Crippen LogP contribution in [-0.4, -0.2) is 42.3 Å². The molecule has 0 atom stereocenters. The highest BCUT2D eigenvalue weighted by Gasteiger charge is 2.48. The molecule has 0 radical (unpaired) electrons. The average Bonchev–Trinajstić information content (AvgIpc) is 3.07. The molecule has 0 aromatic heterocycles. The molecule has 1 aromatic carbocycles. The number of hydrogen-bond acceptors (Lipinski definition) is 4. The highest BCUT2D eigenvalue weighted by molar-refractivity contribution is 6.08. The van der Waals surface area contributed by atoms with E-state index in [9.17, 15) is 14.4 Å². The van der Waals surface area contributed by atoms with E-state index in [-0.39, 0.29) is 23.1 Å². The Morgan fingerprint density at radius 1 is 1.13 bits per heavy atom. The van der Waals surface area contributed by atoms with Crippen molar-refractivity contribution in [3.63, 3.8) is 0 Å². The number of benzene rings is 1. The lowest BCUT2D eigenvalue weighted by atomic mass is 9.78. The predicted octanol–water partition coefficient (Wildman–Crippen LogP) is 0.923. The summed E-state index contributed by atoms with van der Waals surface area (Å²) in [5.41, 5.74) is 1.72. The van der Waals surface area contributed by atoms with E-state index in [4.69, 9.17) is 0 Å². The van der Waals surface area contributed by atoms with E-state index in [2.05, 4.69) is 10.6 Å². The molecule has 2 fully saturated rings. The number of carbonyl (C=O) groups is 3. The van der Waals surface area contributed by atoms with Crippen LogP contribution in [-0.2, 0) is 16.0 Å². The minimum absolute atomic E-state index is 0.0290. The van der Waals surface area contributed by atoms with E-state index in [0.717, 1.165) is 43.6 Å². The number of carbonyl (C=O) groups excluding carboxylic acids is 3. The molecular formula is C17H19N3O3. The lowest BCUT2D eigenvalue weighted by Crippen LogP contribution is -2.44. The minimum Gasteiger partial charge on any atom is -0.326 e. The van der Waals surface area contributed by atoms with Crippen LogP contribution in [0.3, 0.4) is 0 Å². The van der Waals surface area contributed by atoms with Gasteiger partial charge in [0, 0.05) is 17.8 Å². The second kappa shape index (κ2) is 5.16. The van der Waals surface area contributed by atoms with E-state index in [1.54, 1.807) is 18.2 Å². The first-order chi connectivity index (χ1) is 11.1. The number of piperidine rings is 1. The van der Waals surface area contributed by atoms with Gasteiger partial charge in [-0.1, -0.05) is 0 Å². The maximum Gasteiger partial charge on any atom is 0.260 e. The molecule has 3 heterocycles. The second-order valence-corrected chi connectivity index (χ2v) is 6.64. The first-order valence-corrected chi connectivity index (χ1v) is 8.09. The van der Waals surface area contributed by atoms with Gasteiger partial charge in [-0.15, -0.1) is 0 Å². The Labute approximate surface area is 134 Å². The minimum atomic E-state index is -0.352. The molecule has 23 heavy (non-hydrogen) atoms. The van der Waals surface area contributed by atoms with Crippen LogP contribution in [0.5, 0.6) is 0 Å². The Kier molecular flexibility index (Phi) is 3.23. The van der Waals surface area contributed by atoms with Gasteiger partial charge >= 0.3 is 0 Å². The summed E-state index contributed by atoms with van der Waals surface area (Å²) in [6, 6.07) is 5.16. The number of anilines is 1. The van der Waals surface area contributed by atoms with Gasteiger partial charge in [0.15, 0.2) is 0 Å². The number of nitrogens with one attached hydrogen (secondary N) is 2. The number of amides is 3. The molecular weight excluding hydrogens is 294 g/mol. The van der Waals surface area contributed by atoms with Gasteiger partial charge in [0.05, 0.1) is 11.8 Å². The number of likely N-dealkylation sites (tertiary alicyclic amines) is 1. The van der Waals surface area contributed by atoms with E-state index >= 15 is 0 Å². The maximum atomic E-state index is 12.8. The van der Waals surface area contributed by atoms with Crippen LogP contribution >= 0.6 is 0 Å². The molecule has 120 valence electrons. The van der Waals surface area contributed by atoms with Gasteiger partial charge < -0.3 is 10.6 Å². The molecule has 0 aliphatic carbocycles. The van der Waals surface area contributed by atoms with Crippen LogP contribution < -0.4 is 10.6 Å². The third-order valence-corrected chi connectivity index (χ3v) is 5.30. The fourth-order valence-electron chi connectivity index (χ4n) is 3.90. The topological polar surface area (TPSA) is 78.5 Å². The standard InChI is InChI=1S/C17H19N3O3/c21-14-10-12-9-11(1-2-13(12)19-14)15(22)20-8-5-17(16(20)23)3-6-18-7-4-17/h1-2,9,18H,3-8,10H2,(H,19,21). The molecule has 0 unspecified atom stereocenters. The van der Waals surface area contributed by atoms with Gasteiger partial charge in [0.25, 0.3) is 5.91 Å². The molecule has 0 saturated carbocycles. The molecule has 3 aliphatic heterocycles. The summed E-state index contributed by atoms with van der Waals surface area (Å²) in [6.45, 7) is 2.16.